The lowest BCUT2D eigenvalue weighted by Gasteiger charge is -2.18. The second-order valence-corrected chi connectivity index (χ2v) is 3.37. The Morgan fingerprint density at radius 3 is 2.79 bits per heavy atom. The standard InChI is InChI=1S/C9H8N2O2S/c1-4-6(3-10)7(11)2-5(8(4)14)9(12)13/h2,4H,11H2,1H3,(H,12,13). The molecule has 0 amide bonds. The minimum absolute atomic E-state index is 0.00370. The quantitative estimate of drug-likeness (QED) is 0.621. The van der Waals surface area contributed by atoms with Gasteiger partial charge < -0.3 is 10.8 Å². The van der Waals surface area contributed by atoms with Crippen molar-refractivity contribution in [2.45, 2.75) is 6.92 Å². The van der Waals surface area contributed by atoms with Crippen LogP contribution in [0, 0.1) is 17.2 Å². The minimum atomic E-state index is -1.11. The Balaban J connectivity index is 3.30. The van der Waals surface area contributed by atoms with E-state index in [1.54, 1.807) is 6.92 Å². The number of hydrogen-bond acceptors (Lipinski definition) is 4. The molecule has 1 atom stereocenters. The van der Waals surface area contributed by atoms with Gasteiger partial charge in [0.1, 0.15) is 0 Å². The van der Waals surface area contributed by atoms with Gasteiger partial charge in [0.25, 0.3) is 0 Å². The molecule has 0 saturated carbocycles. The predicted octanol–water partition coefficient (Wildman–Crippen LogP) is 0.753. The van der Waals surface area contributed by atoms with E-state index in [9.17, 15) is 4.79 Å². The van der Waals surface area contributed by atoms with Gasteiger partial charge in [-0.3, -0.25) is 0 Å². The zero-order valence-electron chi connectivity index (χ0n) is 7.44. The molecule has 0 bridgehead atoms. The highest BCUT2D eigenvalue weighted by Gasteiger charge is 2.27. The van der Waals surface area contributed by atoms with Crippen molar-refractivity contribution in [2.24, 2.45) is 11.7 Å². The Bertz CT molecular complexity index is 415. The Labute approximate surface area is 86.3 Å². The SMILES string of the molecule is CC1C(=S)C(C(=O)O)=CC(N)=C1C#N. The van der Waals surface area contributed by atoms with E-state index in [0.29, 0.717) is 5.57 Å². The number of aliphatic carboxylic acids is 1. The highest BCUT2D eigenvalue weighted by molar-refractivity contribution is 7.81. The lowest BCUT2D eigenvalue weighted by atomic mass is 9.87. The molecule has 1 unspecified atom stereocenters. The summed E-state index contributed by atoms with van der Waals surface area (Å²) in [5, 5.41) is 17.5. The molecule has 14 heavy (non-hydrogen) atoms. The zero-order valence-corrected chi connectivity index (χ0v) is 8.26. The number of rotatable bonds is 1. The molecule has 72 valence electrons. The van der Waals surface area contributed by atoms with Crippen LogP contribution >= 0.6 is 12.2 Å². The first-order chi connectivity index (χ1) is 6.49. The maximum absolute atomic E-state index is 10.7. The van der Waals surface area contributed by atoms with Crippen LogP contribution in [0.3, 0.4) is 0 Å². The molecule has 0 aromatic heterocycles. The van der Waals surface area contributed by atoms with E-state index in [4.69, 9.17) is 28.3 Å². The summed E-state index contributed by atoms with van der Waals surface area (Å²) in [6, 6.07) is 1.92. The maximum Gasteiger partial charge on any atom is 0.336 e. The van der Waals surface area contributed by atoms with E-state index in [1.165, 1.54) is 6.08 Å². The number of nitrogens with zero attached hydrogens (tertiary/aromatic N) is 1. The summed E-state index contributed by atoms with van der Waals surface area (Å²) < 4.78 is 0. The van der Waals surface area contributed by atoms with Crippen molar-refractivity contribution >= 4 is 23.1 Å². The van der Waals surface area contributed by atoms with E-state index >= 15 is 0 Å². The molecule has 0 saturated heterocycles. The van der Waals surface area contributed by atoms with Crippen molar-refractivity contribution in [1.82, 2.24) is 0 Å². The van der Waals surface area contributed by atoms with Crippen molar-refractivity contribution in [2.75, 3.05) is 0 Å². The molecule has 4 nitrogen and oxygen atoms in total. The van der Waals surface area contributed by atoms with Gasteiger partial charge in [0.05, 0.1) is 17.2 Å². The lowest BCUT2D eigenvalue weighted by Crippen LogP contribution is -2.25. The van der Waals surface area contributed by atoms with E-state index in [-0.39, 0.29) is 16.1 Å². The first-order valence-electron chi connectivity index (χ1n) is 3.88. The minimum Gasteiger partial charge on any atom is -0.478 e. The van der Waals surface area contributed by atoms with Crippen molar-refractivity contribution in [3.8, 4) is 6.07 Å². The van der Waals surface area contributed by atoms with Crippen LogP contribution in [-0.4, -0.2) is 15.9 Å². The van der Waals surface area contributed by atoms with Gasteiger partial charge in [-0.1, -0.05) is 19.1 Å². The molecular formula is C9H8N2O2S. The van der Waals surface area contributed by atoms with Gasteiger partial charge in [-0.2, -0.15) is 5.26 Å². The van der Waals surface area contributed by atoms with Gasteiger partial charge in [-0.25, -0.2) is 4.79 Å². The van der Waals surface area contributed by atoms with E-state index < -0.39 is 11.9 Å². The Morgan fingerprint density at radius 2 is 2.36 bits per heavy atom. The molecular weight excluding hydrogens is 200 g/mol. The average molecular weight is 208 g/mol. The number of thiocarbonyl (C=S) groups is 1. The Morgan fingerprint density at radius 1 is 1.79 bits per heavy atom. The largest absolute Gasteiger partial charge is 0.478 e. The molecule has 0 aromatic rings. The molecule has 1 aliphatic carbocycles. The topological polar surface area (TPSA) is 87.1 Å². The molecule has 0 radical (unpaired) electrons. The van der Waals surface area contributed by atoms with E-state index in [1.807, 2.05) is 6.07 Å². The second-order valence-electron chi connectivity index (χ2n) is 2.93. The number of carboxylic acid groups (broad SMARTS) is 1. The monoisotopic (exact) mass is 208 g/mol. The number of nitrogens with two attached hydrogens (primary N) is 1. The first kappa shape index (κ1) is 10.4. The maximum atomic E-state index is 10.7. The Kier molecular flexibility index (Phi) is 2.68. The highest BCUT2D eigenvalue weighted by Crippen LogP contribution is 2.25. The molecule has 0 fully saturated rings. The number of carboxylic acids is 1. The highest BCUT2D eigenvalue weighted by atomic mass is 32.1. The van der Waals surface area contributed by atoms with Crippen LogP contribution in [0.5, 0.6) is 0 Å². The second kappa shape index (κ2) is 3.60. The molecule has 0 aliphatic heterocycles. The van der Waals surface area contributed by atoms with Crippen LogP contribution in [-0.2, 0) is 4.79 Å². The molecule has 1 rings (SSSR count). The normalized spacial score (nSPS) is 21.6. The summed E-state index contributed by atoms with van der Waals surface area (Å²) in [4.78, 5) is 11.0. The van der Waals surface area contributed by atoms with Gasteiger partial charge in [-0.15, -0.1) is 0 Å². The van der Waals surface area contributed by atoms with Crippen LogP contribution < -0.4 is 5.73 Å². The fraction of sp³-hybridized carbons (Fsp3) is 0.222. The van der Waals surface area contributed by atoms with Crippen LogP contribution in [0.2, 0.25) is 0 Å². The fourth-order valence-corrected chi connectivity index (χ4v) is 1.51. The van der Waals surface area contributed by atoms with Crippen molar-refractivity contribution in [3.05, 3.63) is 22.9 Å². The van der Waals surface area contributed by atoms with Gasteiger partial charge in [0, 0.05) is 16.5 Å². The smallest absolute Gasteiger partial charge is 0.336 e. The van der Waals surface area contributed by atoms with E-state index in [2.05, 4.69) is 0 Å². The van der Waals surface area contributed by atoms with Crippen LogP contribution in [0.1, 0.15) is 6.92 Å². The summed E-state index contributed by atoms with van der Waals surface area (Å²) in [5.41, 5.74) is 6.05. The molecule has 0 spiro atoms. The van der Waals surface area contributed by atoms with Crippen molar-refractivity contribution in [3.63, 3.8) is 0 Å². The van der Waals surface area contributed by atoms with Gasteiger partial charge in [0.2, 0.25) is 0 Å². The molecule has 3 N–H and O–H groups in total. The zero-order chi connectivity index (χ0) is 10.9. The fourth-order valence-electron chi connectivity index (χ4n) is 1.25. The number of nitriles is 1. The average Bonchev–Trinajstić information content (AvgIpc) is 2.12. The van der Waals surface area contributed by atoms with Crippen LogP contribution in [0.25, 0.3) is 0 Å². The van der Waals surface area contributed by atoms with Gasteiger partial charge >= 0.3 is 5.97 Å². The molecule has 0 heterocycles. The Hall–Kier alpha value is -1.67. The summed E-state index contributed by atoms with van der Waals surface area (Å²) >= 11 is 4.93. The third-order valence-electron chi connectivity index (χ3n) is 2.05. The summed E-state index contributed by atoms with van der Waals surface area (Å²) in [6.45, 7) is 1.67. The summed E-state index contributed by atoms with van der Waals surface area (Å²) in [6.07, 6.45) is 1.24. The third-order valence-corrected chi connectivity index (χ3v) is 2.63. The van der Waals surface area contributed by atoms with E-state index in [0.717, 1.165) is 0 Å². The van der Waals surface area contributed by atoms with Gasteiger partial charge in [0.15, 0.2) is 0 Å². The van der Waals surface area contributed by atoms with Crippen LogP contribution in [0.4, 0.5) is 0 Å². The first-order valence-corrected chi connectivity index (χ1v) is 4.28. The summed E-state index contributed by atoms with van der Waals surface area (Å²) in [7, 11) is 0. The lowest BCUT2D eigenvalue weighted by molar-refractivity contribution is -0.132. The number of allylic oxidation sites excluding steroid dienone is 2. The molecule has 1 aliphatic rings. The van der Waals surface area contributed by atoms with Crippen molar-refractivity contribution < 1.29 is 9.90 Å². The van der Waals surface area contributed by atoms with Crippen molar-refractivity contribution in [1.29, 1.82) is 5.26 Å². The number of hydrogen-bond donors (Lipinski definition) is 2. The number of carbonyl (C=O) groups is 1. The third kappa shape index (κ3) is 1.52. The van der Waals surface area contributed by atoms with Crippen LogP contribution in [0.15, 0.2) is 22.9 Å². The molecule has 0 aromatic carbocycles. The predicted molar refractivity (Wildman–Crippen MR) is 54.3 cm³/mol. The summed E-state index contributed by atoms with van der Waals surface area (Å²) in [5.74, 6) is -1.51. The van der Waals surface area contributed by atoms with Gasteiger partial charge in [-0.05, 0) is 6.08 Å². The molecule has 5 heteroatoms.